The summed E-state index contributed by atoms with van der Waals surface area (Å²) >= 11 is 5.91. The largest absolute Gasteiger partial charge is 0.455 e. The summed E-state index contributed by atoms with van der Waals surface area (Å²) in [5, 5.41) is 8.14. The van der Waals surface area contributed by atoms with Gasteiger partial charge in [0, 0.05) is 10.7 Å². The summed E-state index contributed by atoms with van der Waals surface area (Å²) in [4.78, 5) is 24.6. The summed E-state index contributed by atoms with van der Waals surface area (Å²) in [5.41, 5.74) is 0.302. The molecule has 148 valence electrons. The summed E-state index contributed by atoms with van der Waals surface area (Å²) in [5.74, 6) is -1.04. The lowest BCUT2D eigenvalue weighted by molar-refractivity contribution is -0.156. The Morgan fingerprint density at radius 3 is 2.39 bits per heavy atom. The number of anilines is 1. The molecule has 0 radical (unpaired) electrons. The van der Waals surface area contributed by atoms with E-state index >= 15 is 0 Å². The highest BCUT2D eigenvalue weighted by molar-refractivity contribution is 7.89. The first-order valence-electron chi connectivity index (χ1n) is 8.57. The van der Waals surface area contributed by atoms with Crippen molar-refractivity contribution in [1.82, 2.24) is 0 Å². The van der Waals surface area contributed by atoms with Crippen LogP contribution >= 0.6 is 11.6 Å². The van der Waals surface area contributed by atoms with E-state index in [1.807, 2.05) is 0 Å². The average molecular weight is 423 g/mol. The molecular weight excluding hydrogens is 404 g/mol. The maximum atomic E-state index is 12.6. The molecule has 0 bridgehead atoms. The maximum absolute atomic E-state index is 12.6. The minimum atomic E-state index is -3.88. The number of carbonyl (C=O) groups is 2. The molecule has 0 saturated heterocycles. The maximum Gasteiger partial charge on any atom is 0.317 e. The summed E-state index contributed by atoms with van der Waals surface area (Å²) in [6, 6.07) is 12.5. The van der Waals surface area contributed by atoms with Crippen LogP contribution in [0.25, 0.3) is 0 Å². The predicted octanol–water partition coefficient (Wildman–Crippen LogP) is 2.59. The normalized spacial score (nSPS) is 15.4. The fraction of sp³-hybridized carbons (Fsp3) is 0.263. The molecule has 1 amide bonds. The van der Waals surface area contributed by atoms with E-state index in [1.54, 1.807) is 24.3 Å². The minimum Gasteiger partial charge on any atom is -0.455 e. The summed E-state index contributed by atoms with van der Waals surface area (Å²) in [6.07, 6.45) is 2.18. The van der Waals surface area contributed by atoms with Crippen LogP contribution in [0, 0.1) is 0 Å². The first-order chi connectivity index (χ1) is 13.2. The molecule has 1 aliphatic rings. The van der Waals surface area contributed by atoms with Gasteiger partial charge in [0.2, 0.25) is 10.0 Å². The number of ether oxygens (including phenoxy) is 1. The number of benzene rings is 2. The van der Waals surface area contributed by atoms with E-state index in [-0.39, 0.29) is 10.6 Å². The van der Waals surface area contributed by atoms with Crippen LogP contribution in [0.15, 0.2) is 53.4 Å². The monoisotopic (exact) mass is 422 g/mol. The Hall–Kier alpha value is -2.42. The molecular formula is C19H19ClN2O5S. The third-order valence-electron chi connectivity index (χ3n) is 4.78. The Morgan fingerprint density at radius 2 is 1.82 bits per heavy atom. The fourth-order valence-electron chi connectivity index (χ4n) is 3.13. The molecule has 1 fully saturated rings. The molecule has 3 N–H and O–H groups in total. The van der Waals surface area contributed by atoms with Crippen molar-refractivity contribution in [2.45, 2.75) is 29.6 Å². The molecule has 0 heterocycles. The van der Waals surface area contributed by atoms with Crippen molar-refractivity contribution in [2.75, 3.05) is 11.9 Å². The van der Waals surface area contributed by atoms with Gasteiger partial charge in [0.05, 0.1) is 10.3 Å². The number of hydrogen-bond acceptors (Lipinski definition) is 5. The number of rotatable bonds is 6. The van der Waals surface area contributed by atoms with Crippen molar-refractivity contribution in [2.24, 2.45) is 5.14 Å². The highest BCUT2D eigenvalue weighted by Gasteiger charge is 2.47. The van der Waals surface area contributed by atoms with Gasteiger partial charge in [-0.05, 0) is 48.7 Å². The standard InChI is InChI=1S/C19H19ClN2O5S/c20-14-7-5-13(6-8-14)19(9-2-10-19)18(24)27-12-17(23)22-15-3-1-4-16(11-15)28(21,25)26/h1,3-8,11H,2,9-10,12H2,(H,22,23)(H2,21,25,26). The smallest absolute Gasteiger partial charge is 0.317 e. The molecule has 7 nitrogen and oxygen atoms in total. The average Bonchev–Trinajstić information content (AvgIpc) is 2.60. The molecule has 0 atom stereocenters. The lowest BCUT2D eigenvalue weighted by atomic mass is 9.64. The molecule has 0 aliphatic heterocycles. The molecule has 3 rings (SSSR count). The van der Waals surface area contributed by atoms with Crippen LogP contribution in [0.1, 0.15) is 24.8 Å². The van der Waals surface area contributed by atoms with E-state index in [9.17, 15) is 18.0 Å². The Labute approximate surface area is 167 Å². The molecule has 1 saturated carbocycles. The summed E-state index contributed by atoms with van der Waals surface area (Å²) in [6.45, 7) is -0.478. The van der Waals surface area contributed by atoms with Crippen molar-refractivity contribution in [3.8, 4) is 0 Å². The van der Waals surface area contributed by atoms with E-state index in [0.717, 1.165) is 12.0 Å². The van der Waals surface area contributed by atoms with Gasteiger partial charge < -0.3 is 10.1 Å². The number of primary sulfonamides is 1. The number of amides is 1. The van der Waals surface area contributed by atoms with E-state index < -0.39 is 33.9 Å². The third-order valence-corrected chi connectivity index (χ3v) is 5.94. The zero-order chi connectivity index (χ0) is 20.4. The van der Waals surface area contributed by atoms with Gasteiger partial charge in [-0.2, -0.15) is 0 Å². The van der Waals surface area contributed by atoms with Crippen LogP contribution in [0.3, 0.4) is 0 Å². The number of sulfonamides is 1. The first kappa shape index (κ1) is 20.3. The van der Waals surface area contributed by atoms with Crippen LogP contribution in [0.4, 0.5) is 5.69 Å². The minimum absolute atomic E-state index is 0.126. The predicted molar refractivity (Wildman–Crippen MR) is 104 cm³/mol. The fourth-order valence-corrected chi connectivity index (χ4v) is 3.81. The summed E-state index contributed by atoms with van der Waals surface area (Å²) in [7, 11) is -3.88. The van der Waals surface area contributed by atoms with Crippen LogP contribution in [-0.4, -0.2) is 26.9 Å². The number of nitrogens with one attached hydrogen (secondary N) is 1. The topological polar surface area (TPSA) is 116 Å². The molecule has 0 unspecified atom stereocenters. The van der Waals surface area contributed by atoms with Crippen LogP contribution in [0.2, 0.25) is 5.02 Å². The molecule has 28 heavy (non-hydrogen) atoms. The summed E-state index contributed by atoms with van der Waals surface area (Å²) < 4.78 is 28.0. The number of esters is 1. The Bertz CT molecular complexity index is 1000. The number of carbonyl (C=O) groups excluding carboxylic acids is 2. The Morgan fingerprint density at radius 1 is 1.14 bits per heavy atom. The van der Waals surface area contributed by atoms with Crippen LogP contribution < -0.4 is 10.5 Å². The van der Waals surface area contributed by atoms with Crippen molar-refractivity contribution < 1.29 is 22.7 Å². The van der Waals surface area contributed by atoms with E-state index in [0.29, 0.717) is 17.9 Å². The number of nitrogens with two attached hydrogens (primary N) is 1. The van der Waals surface area contributed by atoms with Crippen molar-refractivity contribution >= 4 is 39.2 Å². The highest BCUT2D eigenvalue weighted by Crippen LogP contribution is 2.45. The van der Waals surface area contributed by atoms with E-state index in [4.69, 9.17) is 21.5 Å². The zero-order valence-electron chi connectivity index (χ0n) is 14.9. The molecule has 9 heteroatoms. The van der Waals surface area contributed by atoms with Gasteiger partial charge in [-0.1, -0.05) is 36.2 Å². The van der Waals surface area contributed by atoms with Crippen molar-refractivity contribution in [3.05, 3.63) is 59.1 Å². The van der Waals surface area contributed by atoms with E-state index in [1.165, 1.54) is 24.3 Å². The van der Waals surface area contributed by atoms with Crippen LogP contribution in [-0.2, 0) is 29.8 Å². The van der Waals surface area contributed by atoms with E-state index in [2.05, 4.69) is 5.32 Å². The molecule has 0 aromatic heterocycles. The van der Waals surface area contributed by atoms with Crippen molar-refractivity contribution in [3.63, 3.8) is 0 Å². The molecule has 1 aliphatic carbocycles. The Kier molecular flexibility index (Phi) is 5.74. The lowest BCUT2D eigenvalue weighted by Gasteiger charge is -2.39. The molecule has 2 aromatic carbocycles. The van der Waals surface area contributed by atoms with Gasteiger partial charge in [0.1, 0.15) is 0 Å². The third kappa shape index (κ3) is 4.35. The molecule has 0 spiro atoms. The zero-order valence-corrected chi connectivity index (χ0v) is 16.4. The Balaban J connectivity index is 1.63. The second kappa shape index (κ2) is 7.90. The van der Waals surface area contributed by atoms with Gasteiger partial charge >= 0.3 is 5.97 Å². The second-order valence-corrected chi connectivity index (χ2v) is 8.64. The number of hydrogen-bond donors (Lipinski definition) is 2. The SMILES string of the molecule is NS(=O)(=O)c1cccc(NC(=O)COC(=O)C2(c3ccc(Cl)cc3)CCC2)c1. The quantitative estimate of drug-likeness (QED) is 0.694. The van der Waals surface area contributed by atoms with Gasteiger partial charge in [-0.15, -0.1) is 0 Å². The van der Waals surface area contributed by atoms with Gasteiger partial charge in [-0.3, -0.25) is 9.59 Å². The molecule has 2 aromatic rings. The van der Waals surface area contributed by atoms with Gasteiger partial charge in [0.25, 0.3) is 5.91 Å². The van der Waals surface area contributed by atoms with Crippen molar-refractivity contribution in [1.29, 1.82) is 0 Å². The van der Waals surface area contributed by atoms with Crippen LogP contribution in [0.5, 0.6) is 0 Å². The number of halogens is 1. The van der Waals surface area contributed by atoms with Gasteiger partial charge in [0.15, 0.2) is 6.61 Å². The lowest BCUT2D eigenvalue weighted by Crippen LogP contribution is -2.44. The highest BCUT2D eigenvalue weighted by atomic mass is 35.5. The van der Waals surface area contributed by atoms with Gasteiger partial charge in [-0.25, -0.2) is 13.6 Å². The first-order valence-corrected chi connectivity index (χ1v) is 10.5. The second-order valence-electron chi connectivity index (χ2n) is 6.64.